The fourth-order valence-corrected chi connectivity index (χ4v) is 3.63. The van der Waals surface area contributed by atoms with Crippen molar-refractivity contribution in [2.45, 2.75) is 27.1 Å². The third-order valence-electron chi connectivity index (χ3n) is 5.88. The molecular formula is C30H28N2O5. The van der Waals surface area contributed by atoms with Crippen molar-refractivity contribution in [1.29, 1.82) is 0 Å². The van der Waals surface area contributed by atoms with Crippen molar-refractivity contribution in [3.8, 4) is 11.5 Å². The van der Waals surface area contributed by atoms with E-state index in [0.717, 1.165) is 22.3 Å². The standard InChI is InChI=1S/C30H28N2O5/c1-20-8-4-6-10-23(20)18-36-26-14-25(15-27(16-26)37-19-24-11-7-5-9-21(24)2)29(33)32-28-13-12-22(17-31-28)30(34)35-3/h4-17H,18-19H2,1-3H3,(H,31,32,33). The largest absolute Gasteiger partial charge is 0.489 e. The Morgan fingerprint density at radius 1 is 0.757 bits per heavy atom. The van der Waals surface area contributed by atoms with Crippen LogP contribution in [0, 0.1) is 13.8 Å². The molecule has 0 aliphatic rings. The summed E-state index contributed by atoms with van der Waals surface area (Å²) in [6, 6.07) is 24.1. The van der Waals surface area contributed by atoms with Gasteiger partial charge in [-0.15, -0.1) is 0 Å². The van der Waals surface area contributed by atoms with E-state index in [4.69, 9.17) is 9.47 Å². The average Bonchev–Trinajstić information content (AvgIpc) is 2.92. The Labute approximate surface area is 216 Å². The van der Waals surface area contributed by atoms with Gasteiger partial charge < -0.3 is 19.5 Å². The van der Waals surface area contributed by atoms with Crippen LogP contribution < -0.4 is 14.8 Å². The van der Waals surface area contributed by atoms with Crippen LogP contribution >= 0.6 is 0 Å². The van der Waals surface area contributed by atoms with E-state index in [9.17, 15) is 9.59 Å². The molecule has 0 radical (unpaired) electrons. The molecule has 0 saturated carbocycles. The minimum absolute atomic E-state index is 0.291. The highest BCUT2D eigenvalue weighted by molar-refractivity contribution is 6.04. The number of nitrogens with one attached hydrogen (secondary N) is 1. The predicted octanol–water partition coefficient (Wildman–Crippen LogP) is 5.90. The molecule has 1 heterocycles. The molecule has 1 aromatic heterocycles. The second-order valence-electron chi connectivity index (χ2n) is 8.50. The fraction of sp³-hybridized carbons (Fsp3) is 0.167. The average molecular weight is 497 g/mol. The van der Waals surface area contributed by atoms with Crippen LogP contribution in [0.4, 0.5) is 5.82 Å². The molecule has 0 aliphatic carbocycles. The number of aromatic nitrogens is 1. The topological polar surface area (TPSA) is 86.8 Å². The maximum Gasteiger partial charge on any atom is 0.339 e. The minimum Gasteiger partial charge on any atom is -0.489 e. The summed E-state index contributed by atoms with van der Waals surface area (Å²) in [4.78, 5) is 28.9. The van der Waals surface area contributed by atoms with Gasteiger partial charge in [0.1, 0.15) is 30.5 Å². The highest BCUT2D eigenvalue weighted by atomic mass is 16.5. The number of methoxy groups -OCH3 is 1. The third-order valence-corrected chi connectivity index (χ3v) is 5.88. The first kappa shape index (κ1) is 25.4. The molecule has 188 valence electrons. The first-order valence-electron chi connectivity index (χ1n) is 11.8. The Hall–Kier alpha value is -4.65. The number of hydrogen-bond acceptors (Lipinski definition) is 6. The van der Waals surface area contributed by atoms with Gasteiger partial charge in [0.2, 0.25) is 0 Å². The van der Waals surface area contributed by atoms with E-state index < -0.39 is 5.97 Å². The van der Waals surface area contributed by atoms with Crippen LogP contribution in [-0.2, 0) is 18.0 Å². The summed E-state index contributed by atoms with van der Waals surface area (Å²) in [6.07, 6.45) is 1.35. The lowest BCUT2D eigenvalue weighted by atomic mass is 10.1. The van der Waals surface area contributed by atoms with Gasteiger partial charge >= 0.3 is 5.97 Å². The van der Waals surface area contributed by atoms with Crippen LogP contribution in [0.1, 0.15) is 43.0 Å². The van der Waals surface area contributed by atoms with Crippen molar-refractivity contribution >= 4 is 17.7 Å². The van der Waals surface area contributed by atoms with Gasteiger partial charge in [0.25, 0.3) is 5.91 Å². The van der Waals surface area contributed by atoms with Gasteiger partial charge in [-0.2, -0.15) is 0 Å². The first-order chi connectivity index (χ1) is 17.9. The molecule has 0 unspecified atom stereocenters. The van der Waals surface area contributed by atoms with Crippen molar-refractivity contribution < 1.29 is 23.8 Å². The number of ether oxygens (including phenoxy) is 3. The zero-order valence-corrected chi connectivity index (χ0v) is 21.0. The van der Waals surface area contributed by atoms with Crippen LogP contribution in [0.5, 0.6) is 11.5 Å². The zero-order chi connectivity index (χ0) is 26.2. The zero-order valence-electron chi connectivity index (χ0n) is 21.0. The van der Waals surface area contributed by atoms with E-state index in [2.05, 4.69) is 15.0 Å². The fourth-order valence-electron chi connectivity index (χ4n) is 3.63. The quantitative estimate of drug-likeness (QED) is 0.291. The minimum atomic E-state index is -0.501. The van der Waals surface area contributed by atoms with Crippen molar-refractivity contribution in [1.82, 2.24) is 4.98 Å². The second-order valence-corrected chi connectivity index (χ2v) is 8.50. The number of rotatable bonds is 9. The molecule has 0 atom stereocenters. The summed E-state index contributed by atoms with van der Waals surface area (Å²) in [7, 11) is 1.30. The number of nitrogens with zero attached hydrogens (tertiary/aromatic N) is 1. The molecule has 0 saturated heterocycles. The normalized spacial score (nSPS) is 10.5. The van der Waals surface area contributed by atoms with Crippen molar-refractivity contribution in [3.63, 3.8) is 0 Å². The molecule has 1 N–H and O–H groups in total. The molecule has 4 rings (SSSR count). The molecule has 0 bridgehead atoms. The first-order valence-corrected chi connectivity index (χ1v) is 11.8. The van der Waals surface area contributed by atoms with Crippen molar-refractivity contribution in [2.75, 3.05) is 12.4 Å². The maximum atomic E-state index is 13.1. The number of anilines is 1. The molecule has 0 spiro atoms. The van der Waals surface area contributed by atoms with E-state index in [1.165, 1.54) is 25.4 Å². The van der Waals surface area contributed by atoms with Crippen LogP contribution in [0.15, 0.2) is 85.1 Å². The number of aryl methyl sites for hydroxylation is 2. The summed E-state index contributed by atoms with van der Waals surface area (Å²) in [5, 5.41) is 2.75. The molecule has 1 amide bonds. The number of carbonyl (C=O) groups is 2. The predicted molar refractivity (Wildman–Crippen MR) is 141 cm³/mol. The van der Waals surface area contributed by atoms with Crippen molar-refractivity contribution in [3.05, 3.63) is 118 Å². The van der Waals surface area contributed by atoms with Gasteiger partial charge in [-0.3, -0.25) is 4.79 Å². The summed E-state index contributed by atoms with van der Waals surface area (Å²) >= 11 is 0. The van der Waals surface area contributed by atoms with Crippen LogP contribution in [-0.4, -0.2) is 24.0 Å². The lowest BCUT2D eigenvalue weighted by Crippen LogP contribution is -2.14. The lowest BCUT2D eigenvalue weighted by molar-refractivity contribution is 0.0600. The van der Waals surface area contributed by atoms with Crippen LogP contribution in [0.3, 0.4) is 0 Å². The molecule has 37 heavy (non-hydrogen) atoms. The maximum absolute atomic E-state index is 13.1. The number of esters is 1. The SMILES string of the molecule is COC(=O)c1ccc(NC(=O)c2cc(OCc3ccccc3C)cc(OCc3ccccc3C)c2)nc1. The van der Waals surface area contributed by atoms with E-state index in [1.807, 2.05) is 62.4 Å². The van der Waals surface area contributed by atoms with Gasteiger partial charge in [0.05, 0.1) is 12.7 Å². The Morgan fingerprint density at radius 3 is 1.81 bits per heavy atom. The smallest absolute Gasteiger partial charge is 0.339 e. The van der Waals surface area contributed by atoms with Crippen molar-refractivity contribution in [2.24, 2.45) is 0 Å². The van der Waals surface area contributed by atoms with Gasteiger partial charge in [0, 0.05) is 17.8 Å². The molecule has 4 aromatic rings. The Kier molecular flexibility index (Phi) is 8.15. The Balaban J connectivity index is 1.55. The summed E-state index contributed by atoms with van der Waals surface area (Å²) in [5.41, 5.74) is 4.98. The van der Waals surface area contributed by atoms with Gasteiger partial charge in [-0.25, -0.2) is 9.78 Å². The number of carbonyl (C=O) groups excluding carboxylic acids is 2. The van der Waals surface area contributed by atoms with Crippen LogP contribution in [0.2, 0.25) is 0 Å². The van der Waals surface area contributed by atoms with E-state index in [0.29, 0.717) is 41.7 Å². The molecule has 0 aliphatic heterocycles. The highest BCUT2D eigenvalue weighted by Gasteiger charge is 2.14. The molecule has 7 nitrogen and oxygen atoms in total. The van der Waals surface area contributed by atoms with Gasteiger partial charge in [-0.1, -0.05) is 48.5 Å². The Morgan fingerprint density at radius 2 is 1.32 bits per heavy atom. The Bertz CT molecular complexity index is 1330. The second kappa shape index (κ2) is 11.9. The van der Waals surface area contributed by atoms with Gasteiger partial charge in [-0.05, 0) is 60.4 Å². The summed E-state index contributed by atoms with van der Waals surface area (Å²) in [6.45, 7) is 4.76. The summed E-state index contributed by atoms with van der Waals surface area (Å²) < 4.78 is 16.8. The number of amides is 1. The summed E-state index contributed by atoms with van der Waals surface area (Å²) in [5.74, 6) is 0.417. The number of benzene rings is 3. The number of hydrogen-bond donors (Lipinski definition) is 1. The van der Waals surface area contributed by atoms with Gasteiger partial charge in [0.15, 0.2) is 0 Å². The van der Waals surface area contributed by atoms with E-state index in [1.54, 1.807) is 18.2 Å². The lowest BCUT2D eigenvalue weighted by Gasteiger charge is -2.14. The highest BCUT2D eigenvalue weighted by Crippen LogP contribution is 2.26. The number of pyridine rings is 1. The van der Waals surface area contributed by atoms with E-state index in [-0.39, 0.29) is 5.91 Å². The van der Waals surface area contributed by atoms with Crippen LogP contribution in [0.25, 0.3) is 0 Å². The molecular weight excluding hydrogens is 468 g/mol. The molecule has 7 heteroatoms. The monoisotopic (exact) mass is 496 g/mol. The molecule has 0 fully saturated rings. The van der Waals surface area contributed by atoms with E-state index >= 15 is 0 Å². The molecule has 3 aromatic carbocycles. The third kappa shape index (κ3) is 6.73.